The molecular formula is C15H17N3O2. The zero-order chi connectivity index (χ0) is 14.5. The summed E-state index contributed by atoms with van der Waals surface area (Å²) in [6.07, 6.45) is 3.19. The summed E-state index contributed by atoms with van der Waals surface area (Å²) in [6, 6.07) is 8.96. The summed E-state index contributed by atoms with van der Waals surface area (Å²) < 4.78 is 0. The molecular weight excluding hydrogens is 254 g/mol. The van der Waals surface area contributed by atoms with E-state index in [1.165, 1.54) is 6.20 Å². The van der Waals surface area contributed by atoms with Gasteiger partial charge in [-0.3, -0.25) is 4.98 Å². The molecule has 0 amide bonds. The van der Waals surface area contributed by atoms with Crippen molar-refractivity contribution in [1.29, 1.82) is 0 Å². The molecule has 0 saturated heterocycles. The summed E-state index contributed by atoms with van der Waals surface area (Å²) in [5.74, 6) is -0.478. The normalized spacial score (nSPS) is 12.2. The van der Waals surface area contributed by atoms with Gasteiger partial charge in [-0.15, -0.1) is 0 Å². The van der Waals surface area contributed by atoms with Crippen LogP contribution in [0.1, 0.15) is 13.8 Å². The number of carboxylic acid groups (broad SMARTS) is 1. The van der Waals surface area contributed by atoms with Crippen LogP contribution in [0.15, 0.2) is 42.7 Å². The van der Waals surface area contributed by atoms with E-state index >= 15 is 0 Å². The third kappa shape index (κ3) is 3.32. The van der Waals surface area contributed by atoms with Crippen LogP contribution in [0.5, 0.6) is 0 Å². The standard InChI is InChI=1S/C15H17N3O2/c1-10(2)14(15(19)20)18-13-9-16-8-12(17-13)11-6-4-3-5-7-11/h3-10,14H,1-2H3,(H,17,18)(H,19,20)/t14-/m0/s1. The fourth-order valence-corrected chi connectivity index (χ4v) is 1.86. The molecule has 104 valence electrons. The number of hydrogen-bond acceptors (Lipinski definition) is 4. The fourth-order valence-electron chi connectivity index (χ4n) is 1.86. The number of carboxylic acids is 1. The van der Waals surface area contributed by atoms with Crippen molar-refractivity contribution in [3.63, 3.8) is 0 Å². The Labute approximate surface area is 117 Å². The Morgan fingerprint density at radius 1 is 1.20 bits per heavy atom. The highest BCUT2D eigenvalue weighted by molar-refractivity contribution is 5.77. The Bertz CT molecular complexity index is 585. The van der Waals surface area contributed by atoms with Crippen molar-refractivity contribution in [2.45, 2.75) is 19.9 Å². The van der Waals surface area contributed by atoms with Crippen molar-refractivity contribution in [2.75, 3.05) is 5.32 Å². The second kappa shape index (κ2) is 6.14. The minimum absolute atomic E-state index is 0.0466. The average Bonchev–Trinajstić information content (AvgIpc) is 2.45. The molecule has 0 unspecified atom stereocenters. The molecule has 0 radical (unpaired) electrons. The molecule has 0 aliphatic carbocycles. The number of anilines is 1. The van der Waals surface area contributed by atoms with Crippen LogP contribution in [-0.4, -0.2) is 27.1 Å². The van der Waals surface area contributed by atoms with Gasteiger partial charge in [-0.25, -0.2) is 9.78 Å². The van der Waals surface area contributed by atoms with Gasteiger partial charge in [-0.1, -0.05) is 44.2 Å². The van der Waals surface area contributed by atoms with E-state index in [1.54, 1.807) is 6.20 Å². The van der Waals surface area contributed by atoms with E-state index in [9.17, 15) is 9.90 Å². The first kappa shape index (κ1) is 14.0. The first-order valence-electron chi connectivity index (χ1n) is 6.44. The number of carbonyl (C=O) groups is 1. The lowest BCUT2D eigenvalue weighted by molar-refractivity contribution is -0.138. The molecule has 2 N–H and O–H groups in total. The second-order valence-corrected chi connectivity index (χ2v) is 4.86. The lowest BCUT2D eigenvalue weighted by atomic mass is 10.1. The molecule has 0 bridgehead atoms. The van der Waals surface area contributed by atoms with Gasteiger partial charge in [0.1, 0.15) is 11.9 Å². The Morgan fingerprint density at radius 2 is 1.90 bits per heavy atom. The first-order chi connectivity index (χ1) is 9.58. The Hall–Kier alpha value is -2.43. The Kier molecular flexibility index (Phi) is 4.30. The van der Waals surface area contributed by atoms with Crippen molar-refractivity contribution in [3.8, 4) is 11.3 Å². The topological polar surface area (TPSA) is 75.1 Å². The third-order valence-corrected chi connectivity index (χ3v) is 2.94. The van der Waals surface area contributed by atoms with Gasteiger partial charge in [0.25, 0.3) is 0 Å². The lowest BCUT2D eigenvalue weighted by Gasteiger charge is -2.18. The van der Waals surface area contributed by atoms with Crippen LogP contribution in [0.4, 0.5) is 5.82 Å². The molecule has 0 fully saturated rings. The van der Waals surface area contributed by atoms with E-state index in [2.05, 4.69) is 15.3 Å². The predicted molar refractivity (Wildman–Crippen MR) is 77.4 cm³/mol. The van der Waals surface area contributed by atoms with E-state index in [0.29, 0.717) is 11.5 Å². The molecule has 0 aliphatic heterocycles. The molecule has 5 nitrogen and oxygen atoms in total. The van der Waals surface area contributed by atoms with Crippen LogP contribution in [0.2, 0.25) is 0 Å². The maximum Gasteiger partial charge on any atom is 0.326 e. The minimum atomic E-state index is -0.896. The Morgan fingerprint density at radius 3 is 2.50 bits per heavy atom. The van der Waals surface area contributed by atoms with E-state index in [-0.39, 0.29) is 5.92 Å². The van der Waals surface area contributed by atoms with Crippen LogP contribution in [0.3, 0.4) is 0 Å². The number of rotatable bonds is 5. The summed E-state index contributed by atoms with van der Waals surface area (Å²) in [5.41, 5.74) is 1.66. The van der Waals surface area contributed by atoms with Gasteiger partial charge in [0.15, 0.2) is 0 Å². The third-order valence-electron chi connectivity index (χ3n) is 2.94. The van der Waals surface area contributed by atoms with E-state index in [1.807, 2.05) is 44.2 Å². The van der Waals surface area contributed by atoms with Crippen molar-refractivity contribution in [3.05, 3.63) is 42.7 Å². The fraction of sp³-hybridized carbons (Fsp3) is 0.267. The van der Waals surface area contributed by atoms with Crippen LogP contribution in [0.25, 0.3) is 11.3 Å². The number of nitrogens with zero attached hydrogens (tertiary/aromatic N) is 2. The molecule has 0 saturated carbocycles. The largest absolute Gasteiger partial charge is 0.480 e. The van der Waals surface area contributed by atoms with E-state index < -0.39 is 12.0 Å². The van der Waals surface area contributed by atoms with Crippen LogP contribution < -0.4 is 5.32 Å². The molecule has 5 heteroatoms. The summed E-state index contributed by atoms with van der Waals surface area (Å²) in [5, 5.41) is 12.1. The highest BCUT2D eigenvalue weighted by Gasteiger charge is 2.21. The van der Waals surface area contributed by atoms with E-state index in [0.717, 1.165) is 5.56 Å². The maximum absolute atomic E-state index is 11.2. The summed E-state index contributed by atoms with van der Waals surface area (Å²) >= 11 is 0. The van der Waals surface area contributed by atoms with Gasteiger partial charge in [-0.2, -0.15) is 0 Å². The monoisotopic (exact) mass is 271 g/mol. The van der Waals surface area contributed by atoms with Crippen LogP contribution >= 0.6 is 0 Å². The number of nitrogens with one attached hydrogen (secondary N) is 1. The van der Waals surface area contributed by atoms with E-state index in [4.69, 9.17) is 0 Å². The molecule has 2 aromatic rings. The van der Waals surface area contributed by atoms with Gasteiger partial charge in [0.2, 0.25) is 0 Å². The number of hydrogen-bond donors (Lipinski definition) is 2. The second-order valence-electron chi connectivity index (χ2n) is 4.86. The van der Waals surface area contributed by atoms with Crippen LogP contribution in [-0.2, 0) is 4.79 Å². The van der Waals surface area contributed by atoms with Crippen LogP contribution in [0, 0.1) is 5.92 Å². The predicted octanol–water partition coefficient (Wildman–Crippen LogP) is 2.66. The zero-order valence-corrected chi connectivity index (χ0v) is 11.4. The van der Waals surface area contributed by atoms with Gasteiger partial charge < -0.3 is 10.4 Å². The summed E-state index contributed by atoms with van der Waals surface area (Å²) in [6.45, 7) is 3.69. The first-order valence-corrected chi connectivity index (χ1v) is 6.44. The summed E-state index contributed by atoms with van der Waals surface area (Å²) in [4.78, 5) is 19.7. The van der Waals surface area contributed by atoms with Gasteiger partial charge in [-0.05, 0) is 5.92 Å². The molecule has 0 spiro atoms. The van der Waals surface area contributed by atoms with Crippen molar-refractivity contribution in [1.82, 2.24) is 9.97 Å². The molecule has 2 rings (SSSR count). The van der Waals surface area contributed by atoms with Gasteiger partial charge >= 0.3 is 5.97 Å². The minimum Gasteiger partial charge on any atom is -0.480 e. The molecule has 1 aromatic heterocycles. The molecule has 1 heterocycles. The van der Waals surface area contributed by atoms with Crippen molar-refractivity contribution in [2.24, 2.45) is 5.92 Å². The molecule has 0 aliphatic rings. The van der Waals surface area contributed by atoms with Crippen molar-refractivity contribution >= 4 is 11.8 Å². The molecule has 20 heavy (non-hydrogen) atoms. The van der Waals surface area contributed by atoms with Crippen molar-refractivity contribution < 1.29 is 9.90 Å². The van der Waals surface area contributed by atoms with Gasteiger partial charge in [0.05, 0.1) is 18.1 Å². The molecule has 1 aromatic carbocycles. The average molecular weight is 271 g/mol. The maximum atomic E-state index is 11.2. The zero-order valence-electron chi connectivity index (χ0n) is 11.4. The lowest BCUT2D eigenvalue weighted by Crippen LogP contribution is -2.34. The quantitative estimate of drug-likeness (QED) is 0.874. The Balaban J connectivity index is 2.24. The number of aliphatic carboxylic acids is 1. The number of benzene rings is 1. The number of aromatic nitrogens is 2. The van der Waals surface area contributed by atoms with Gasteiger partial charge in [0, 0.05) is 5.56 Å². The summed E-state index contributed by atoms with van der Waals surface area (Å²) in [7, 11) is 0. The smallest absolute Gasteiger partial charge is 0.326 e. The highest BCUT2D eigenvalue weighted by atomic mass is 16.4. The SMILES string of the molecule is CC(C)[C@H](Nc1cncc(-c2ccccc2)n1)C(=O)O. The molecule has 1 atom stereocenters. The highest BCUT2D eigenvalue weighted by Crippen LogP contribution is 2.18.